The fraction of sp³-hybridized carbons (Fsp3) is 0.400. The number of hydrogen-bond donors (Lipinski definition) is 1. The van der Waals surface area contributed by atoms with Gasteiger partial charge in [0.05, 0.1) is 29.7 Å². The SMILES string of the molecule is CC(C)(C)OC(=O)N[C@H]1CCC[C@@H](n2c(-c3ccccc3F)nc3cnc(-n4nccn4)cc32)C1. The van der Waals surface area contributed by atoms with Crippen molar-refractivity contribution in [2.45, 2.75) is 64.1 Å². The number of rotatable bonds is 4. The van der Waals surface area contributed by atoms with E-state index in [2.05, 4.69) is 25.1 Å². The van der Waals surface area contributed by atoms with Crippen LogP contribution >= 0.6 is 0 Å². The Bertz CT molecular complexity index is 1340. The van der Waals surface area contributed by atoms with Crippen molar-refractivity contribution in [3.8, 4) is 17.2 Å². The highest BCUT2D eigenvalue weighted by Gasteiger charge is 2.30. The van der Waals surface area contributed by atoms with Gasteiger partial charge >= 0.3 is 6.09 Å². The molecule has 0 unspecified atom stereocenters. The molecular weight excluding hydrogens is 449 g/mol. The average Bonchev–Trinajstić information content (AvgIpc) is 3.46. The molecule has 10 heteroatoms. The first kappa shape index (κ1) is 22.9. The Hall–Kier alpha value is -3.82. The first-order chi connectivity index (χ1) is 16.8. The fourth-order valence-corrected chi connectivity index (χ4v) is 4.64. The summed E-state index contributed by atoms with van der Waals surface area (Å²) in [5.74, 6) is 0.738. The van der Waals surface area contributed by atoms with Gasteiger partial charge < -0.3 is 14.6 Å². The molecule has 4 aromatic rings. The van der Waals surface area contributed by atoms with Crippen molar-refractivity contribution in [2.24, 2.45) is 0 Å². The van der Waals surface area contributed by atoms with E-state index in [1.807, 2.05) is 26.8 Å². The van der Waals surface area contributed by atoms with Crippen molar-refractivity contribution in [1.29, 1.82) is 0 Å². The molecule has 1 fully saturated rings. The molecule has 1 saturated carbocycles. The van der Waals surface area contributed by atoms with Crippen LogP contribution in [0.1, 0.15) is 52.5 Å². The molecule has 1 amide bonds. The number of halogens is 1. The van der Waals surface area contributed by atoms with E-state index >= 15 is 0 Å². The highest BCUT2D eigenvalue weighted by Crippen LogP contribution is 2.37. The molecule has 0 radical (unpaired) electrons. The molecule has 1 aliphatic rings. The number of hydrogen-bond acceptors (Lipinski definition) is 6. The normalized spacial score (nSPS) is 18.5. The Balaban J connectivity index is 1.55. The van der Waals surface area contributed by atoms with E-state index in [4.69, 9.17) is 9.72 Å². The molecule has 9 nitrogen and oxygen atoms in total. The maximum atomic E-state index is 14.9. The lowest BCUT2D eigenvalue weighted by molar-refractivity contribution is 0.0486. The van der Waals surface area contributed by atoms with Gasteiger partial charge in [0.1, 0.15) is 22.8 Å². The van der Waals surface area contributed by atoms with Crippen LogP contribution in [0.2, 0.25) is 0 Å². The summed E-state index contributed by atoms with van der Waals surface area (Å²) in [6, 6.07) is 8.42. The highest BCUT2D eigenvalue weighted by atomic mass is 19.1. The van der Waals surface area contributed by atoms with Crippen molar-refractivity contribution in [3.63, 3.8) is 0 Å². The van der Waals surface area contributed by atoms with Crippen molar-refractivity contribution in [2.75, 3.05) is 0 Å². The second-order valence-corrected chi connectivity index (χ2v) is 9.80. The van der Waals surface area contributed by atoms with E-state index in [-0.39, 0.29) is 17.9 Å². The van der Waals surface area contributed by atoms with E-state index < -0.39 is 11.7 Å². The molecule has 1 N–H and O–H groups in total. The molecule has 1 aromatic carbocycles. The van der Waals surface area contributed by atoms with E-state index in [9.17, 15) is 9.18 Å². The number of aromatic nitrogens is 6. The number of ether oxygens (including phenoxy) is 1. The molecule has 5 rings (SSSR count). The zero-order chi connectivity index (χ0) is 24.6. The van der Waals surface area contributed by atoms with Gasteiger partial charge in [-0.1, -0.05) is 12.1 Å². The number of pyridine rings is 1. The molecule has 182 valence electrons. The van der Waals surface area contributed by atoms with Gasteiger partial charge in [-0.3, -0.25) is 0 Å². The zero-order valence-electron chi connectivity index (χ0n) is 20.0. The Morgan fingerprint density at radius 3 is 2.69 bits per heavy atom. The van der Waals surface area contributed by atoms with Crippen LogP contribution in [-0.4, -0.2) is 47.3 Å². The number of fused-ring (bicyclic) bond motifs is 1. The minimum atomic E-state index is -0.569. The molecule has 1 aliphatic carbocycles. The minimum absolute atomic E-state index is 0.0101. The van der Waals surface area contributed by atoms with E-state index in [0.717, 1.165) is 24.8 Å². The Morgan fingerprint density at radius 1 is 1.17 bits per heavy atom. The van der Waals surface area contributed by atoms with Crippen LogP contribution in [-0.2, 0) is 4.74 Å². The summed E-state index contributed by atoms with van der Waals surface area (Å²) in [4.78, 5) is 23.1. The molecule has 0 bridgehead atoms. The summed E-state index contributed by atoms with van der Waals surface area (Å²) >= 11 is 0. The number of imidazole rings is 1. The first-order valence-corrected chi connectivity index (χ1v) is 11.8. The Labute approximate surface area is 202 Å². The first-order valence-electron chi connectivity index (χ1n) is 11.8. The molecular formula is C25H28FN7O2. The van der Waals surface area contributed by atoms with Gasteiger partial charge in [0.2, 0.25) is 0 Å². The van der Waals surface area contributed by atoms with E-state index in [1.165, 1.54) is 10.9 Å². The van der Waals surface area contributed by atoms with Crippen LogP contribution in [0.15, 0.2) is 48.9 Å². The lowest BCUT2D eigenvalue weighted by Crippen LogP contribution is -2.41. The van der Waals surface area contributed by atoms with Crippen molar-refractivity contribution in [3.05, 3.63) is 54.7 Å². The van der Waals surface area contributed by atoms with Crippen LogP contribution in [0, 0.1) is 5.82 Å². The Kier molecular flexibility index (Phi) is 5.96. The van der Waals surface area contributed by atoms with Gasteiger partial charge in [0, 0.05) is 18.2 Å². The third kappa shape index (κ3) is 4.87. The lowest BCUT2D eigenvalue weighted by atomic mass is 9.90. The molecule has 3 heterocycles. The predicted octanol–water partition coefficient (Wildman–Crippen LogP) is 4.83. The second kappa shape index (κ2) is 9.09. The molecule has 0 aliphatic heterocycles. The molecule has 0 saturated heterocycles. The van der Waals surface area contributed by atoms with Gasteiger partial charge in [0.25, 0.3) is 0 Å². The molecule has 35 heavy (non-hydrogen) atoms. The van der Waals surface area contributed by atoms with Crippen molar-refractivity contribution in [1.82, 2.24) is 34.8 Å². The van der Waals surface area contributed by atoms with Gasteiger partial charge in [-0.25, -0.2) is 19.2 Å². The average molecular weight is 478 g/mol. The topological polar surface area (TPSA) is 99.8 Å². The number of nitrogens with one attached hydrogen (secondary N) is 1. The summed E-state index contributed by atoms with van der Waals surface area (Å²) < 4.78 is 22.4. The summed E-state index contributed by atoms with van der Waals surface area (Å²) in [7, 11) is 0. The molecule has 3 aromatic heterocycles. The minimum Gasteiger partial charge on any atom is -0.444 e. The second-order valence-electron chi connectivity index (χ2n) is 9.80. The van der Waals surface area contributed by atoms with Gasteiger partial charge in [-0.05, 0) is 58.6 Å². The zero-order valence-corrected chi connectivity index (χ0v) is 20.0. The van der Waals surface area contributed by atoms with Gasteiger partial charge in [-0.15, -0.1) is 4.80 Å². The van der Waals surface area contributed by atoms with Crippen LogP contribution in [0.4, 0.5) is 9.18 Å². The van der Waals surface area contributed by atoms with Crippen LogP contribution < -0.4 is 5.32 Å². The maximum Gasteiger partial charge on any atom is 0.407 e. The third-order valence-corrected chi connectivity index (χ3v) is 6.03. The third-order valence-electron chi connectivity index (χ3n) is 6.03. The van der Waals surface area contributed by atoms with E-state index in [1.54, 1.807) is 36.8 Å². The van der Waals surface area contributed by atoms with Gasteiger partial charge in [0.15, 0.2) is 5.82 Å². The molecule has 0 spiro atoms. The van der Waals surface area contributed by atoms with Crippen LogP contribution in [0.3, 0.4) is 0 Å². The standard InChI is InChI=1S/C25H28FN7O2/c1-25(2,3)35-24(34)30-16-7-6-8-17(13-16)32-21-14-22(33-28-11-12-29-33)27-15-20(21)31-23(32)18-9-4-5-10-19(18)26/h4-5,9-12,14-17H,6-8,13H2,1-3H3,(H,30,34)/t16-,17+/m0/s1. The van der Waals surface area contributed by atoms with Crippen molar-refractivity contribution >= 4 is 17.1 Å². The summed E-state index contributed by atoms with van der Waals surface area (Å²) in [6.07, 6.45) is 7.70. The number of nitrogens with zero attached hydrogens (tertiary/aromatic N) is 6. The highest BCUT2D eigenvalue weighted by molar-refractivity contribution is 5.81. The fourth-order valence-electron chi connectivity index (χ4n) is 4.64. The largest absolute Gasteiger partial charge is 0.444 e. The monoisotopic (exact) mass is 477 g/mol. The number of amides is 1. The number of benzene rings is 1. The Morgan fingerprint density at radius 2 is 1.94 bits per heavy atom. The summed E-state index contributed by atoms with van der Waals surface area (Å²) in [5.41, 5.74) is 1.32. The number of carbonyl (C=O) groups excluding carboxylic acids is 1. The number of carbonyl (C=O) groups is 1. The quantitative estimate of drug-likeness (QED) is 0.452. The van der Waals surface area contributed by atoms with Gasteiger partial charge in [-0.2, -0.15) is 10.2 Å². The summed E-state index contributed by atoms with van der Waals surface area (Å²) in [6.45, 7) is 5.53. The van der Waals surface area contributed by atoms with E-state index in [0.29, 0.717) is 29.1 Å². The number of alkyl carbamates (subject to hydrolysis) is 1. The summed E-state index contributed by atoms with van der Waals surface area (Å²) in [5, 5.41) is 11.4. The molecule has 2 atom stereocenters. The van der Waals surface area contributed by atoms with Crippen LogP contribution in [0.5, 0.6) is 0 Å². The smallest absolute Gasteiger partial charge is 0.407 e. The van der Waals surface area contributed by atoms with Crippen molar-refractivity contribution < 1.29 is 13.9 Å². The lowest BCUT2D eigenvalue weighted by Gasteiger charge is -2.32. The maximum absolute atomic E-state index is 14.9. The predicted molar refractivity (Wildman–Crippen MR) is 129 cm³/mol. The van der Waals surface area contributed by atoms with Crippen LogP contribution in [0.25, 0.3) is 28.2 Å².